The van der Waals surface area contributed by atoms with Crippen LogP contribution in [0.4, 0.5) is 11.8 Å². The summed E-state index contributed by atoms with van der Waals surface area (Å²) in [6, 6.07) is 0. The van der Waals surface area contributed by atoms with Crippen LogP contribution in [0.2, 0.25) is 0 Å². The minimum absolute atomic E-state index is 0.0273. The molecule has 0 aromatic carbocycles. The molecule has 4 N–H and O–H groups in total. The van der Waals surface area contributed by atoms with E-state index in [-0.39, 0.29) is 12.4 Å². The number of aromatic nitrogens is 2. The highest BCUT2D eigenvalue weighted by Gasteiger charge is 2.32. The molecular formula is C17H29N5O3. The van der Waals surface area contributed by atoms with Gasteiger partial charge in [-0.05, 0) is 46.7 Å². The van der Waals surface area contributed by atoms with Gasteiger partial charge in [0.05, 0.1) is 5.60 Å². The minimum atomic E-state index is -0.849. The number of aryl methyl sites for hydroxylation is 1. The Morgan fingerprint density at radius 2 is 2.04 bits per heavy atom. The van der Waals surface area contributed by atoms with Crippen molar-refractivity contribution in [1.29, 1.82) is 0 Å². The van der Waals surface area contributed by atoms with Crippen molar-refractivity contribution in [3.63, 3.8) is 0 Å². The summed E-state index contributed by atoms with van der Waals surface area (Å²) in [5, 5.41) is 19.8. The first-order valence-electron chi connectivity index (χ1n) is 8.67. The maximum Gasteiger partial charge on any atom is 0.303 e. The first-order valence-corrected chi connectivity index (χ1v) is 8.67. The number of nitrogens with zero attached hydrogens (tertiary/aromatic N) is 4. The molecule has 1 aliphatic heterocycles. The molecule has 1 fully saturated rings. The lowest BCUT2D eigenvalue weighted by atomic mass is 9.94. The van der Waals surface area contributed by atoms with E-state index in [2.05, 4.69) is 14.9 Å². The third-order valence-corrected chi connectivity index (χ3v) is 4.63. The van der Waals surface area contributed by atoms with Gasteiger partial charge in [0.2, 0.25) is 5.95 Å². The number of aliphatic carboxylic acids is 1. The topological polar surface area (TPSA) is 116 Å². The van der Waals surface area contributed by atoms with Crippen LogP contribution in [0.5, 0.6) is 0 Å². The Labute approximate surface area is 148 Å². The van der Waals surface area contributed by atoms with Gasteiger partial charge in [-0.15, -0.1) is 0 Å². The van der Waals surface area contributed by atoms with Crippen LogP contribution < -0.4 is 10.6 Å². The van der Waals surface area contributed by atoms with Crippen LogP contribution in [0.25, 0.3) is 0 Å². The Hall–Kier alpha value is -1.93. The minimum Gasteiger partial charge on any atom is -0.481 e. The van der Waals surface area contributed by atoms with E-state index in [1.165, 1.54) is 0 Å². The van der Waals surface area contributed by atoms with Crippen molar-refractivity contribution in [3.8, 4) is 0 Å². The number of carbonyl (C=O) groups is 1. The second-order valence-corrected chi connectivity index (χ2v) is 7.17. The fourth-order valence-corrected chi connectivity index (χ4v) is 3.53. The molecule has 0 bridgehead atoms. The molecule has 25 heavy (non-hydrogen) atoms. The van der Waals surface area contributed by atoms with Gasteiger partial charge in [0.25, 0.3) is 0 Å². The number of rotatable bonds is 6. The number of hydrogen-bond donors (Lipinski definition) is 3. The van der Waals surface area contributed by atoms with Crippen LogP contribution in [0, 0.1) is 6.92 Å². The number of carboxylic acids is 1. The van der Waals surface area contributed by atoms with E-state index < -0.39 is 11.6 Å². The molecule has 0 amide bonds. The summed E-state index contributed by atoms with van der Waals surface area (Å²) in [4.78, 5) is 23.7. The fraction of sp³-hybridized carbons (Fsp3) is 0.706. The summed E-state index contributed by atoms with van der Waals surface area (Å²) in [6.45, 7) is 3.86. The second kappa shape index (κ2) is 7.97. The van der Waals surface area contributed by atoms with E-state index in [9.17, 15) is 9.90 Å². The van der Waals surface area contributed by atoms with Gasteiger partial charge in [-0.3, -0.25) is 4.79 Å². The molecule has 140 valence electrons. The molecule has 1 saturated heterocycles. The van der Waals surface area contributed by atoms with Crippen LogP contribution in [0.1, 0.15) is 36.9 Å². The SMILES string of the molecule is Cc1nc(N)nc(N2CCC[C@](O)(CN(C)C)CC2)c1CCC(=O)O. The zero-order valence-electron chi connectivity index (χ0n) is 15.3. The number of hydrogen-bond acceptors (Lipinski definition) is 7. The van der Waals surface area contributed by atoms with Crippen LogP contribution in [-0.2, 0) is 11.2 Å². The van der Waals surface area contributed by atoms with Gasteiger partial charge in [-0.1, -0.05) is 0 Å². The molecule has 0 unspecified atom stereocenters. The van der Waals surface area contributed by atoms with E-state index in [4.69, 9.17) is 10.8 Å². The molecule has 2 heterocycles. The van der Waals surface area contributed by atoms with Gasteiger partial charge in [-0.2, -0.15) is 4.98 Å². The van der Waals surface area contributed by atoms with E-state index in [0.29, 0.717) is 31.7 Å². The highest BCUT2D eigenvalue weighted by Crippen LogP contribution is 2.29. The van der Waals surface area contributed by atoms with Crippen molar-refractivity contribution in [3.05, 3.63) is 11.3 Å². The maximum atomic E-state index is 11.0. The van der Waals surface area contributed by atoms with Gasteiger partial charge in [0.15, 0.2) is 0 Å². The van der Waals surface area contributed by atoms with Crippen LogP contribution in [0.15, 0.2) is 0 Å². The summed E-state index contributed by atoms with van der Waals surface area (Å²) in [6.07, 6.45) is 2.60. The normalized spacial score (nSPS) is 21.4. The molecule has 0 radical (unpaired) electrons. The predicted molar refractivity (Wildman–Crippen MR) is 96.7 cm³/mol. The average molecular weight is 351 g/mol. The van der Waals surface area contributed by atoms with Crippen LogP contribution >= 0.6 is 0 Å². The smallest absolute Gasteiger partial charge is 0.303 e. The lowest BCUT2D eigenvalue weighted by Gasteiger charge is -2.30. The van der Waals surface area contributed by atoms with Gasteiger partial charge in [0.1, 0.15) is 5.82 Å². The molecular weight excluding hydrogens is 322 g/mol. The Balaban J connectivity index is 2.24. The maximum absolute atomic E-state index is 11.0. The molecule has 0 aliphatic carbocycles. The largest absolute Gasteiger partial charge is 0.481 e. The standard InChI is InChI=1S/C17H29N5O3/c1-12-13(5-6-14(23)24)15(20-16(18)19-12)22-9-4-7-17(25,8-10-22)11-21(2)3/h25H,4-11H2,1-3H3,(H,23,24)(H2,18,19,20)/t17-/m1/s1. The Bertz CT molecular complexity index is 623. The predicted octanol–water partition coefficient (Wildman–Crippen LogP) is 0.667. The molecule has 2 rings (SSSR count). The van der Waals surface area contributed by atoms with Crippen molar-refractivity contribution >= 4 is 17.7 Å². The Morgan fingerprint density at radius 3 is 2.68 bits per heavy atom. The number of nitrogens with two attached hydrogens (primary N) is 1. The summed E-state index contributed by atoms with van der Waals surface area (Å²) >= 11 is 0. The van der Waals surface area contributed by atoms with Gasteiger partial charge in [0, 0.05) is 37.3 Å². The lowest BCUT2D eigenvalue weighted by Crippen LogP contribution is -2.41. The Morgan fingerprint density at radius 1 is 1.32 bits per heavy atom. The summed E-state index contributed by atoms with van der Waals surface area (Å²) < 4.78 is 0. The number of aliphatic hydroxyl groups is 1. The highest BCUT2D eigenvalue weighted by molar-refractivity contribution is 5.68. The monoisotopic (exact) mass is 351 g/mol. The fourth-order valence-electron chi connectivity index (χ4n) is 3.53. The number of likely N-dealkylation sites (N-methyl/N-ethyl adjacent to an activating group) is 1. The molecule has 1 aromatic heterocycles. The first-order chi connectivity index (χ1) is 11.7. The Kier molecular flexibility index (Phi) is 6.18. The van der Waals surface area contributed by atoms with Crippen molar-refractivity contribution in [2.24, 2.45) is 0 Å². The van der Waals surface area contributed by atoms with E-state index in [1.807, 2.05) is 25.9 Å². The van der Waals surface area contributed by atoms with E-state index in [1.54, 1.807) is 0 Å². The molecule has 1 atom stereocenters. The molecule has 8 heteroatoms. The zero-order valence-corrected chi connectivity index (χ0v) is 15.3. The molecule has 1 aromatic rings. The lowest BCUT2D eigenvalue weighted by molar-refractivity contribution is -0.136. The second-order valence-electron chi connectivity index (χ2n) is 7.17. The summed E-state index contributed by atoms with van der Waals surface area (Å²) in [5.41, 5.74) is 6.66. The van der Waals surface area contributed by atoms with Gasteiger partial charge < -0.3 is 25.7 Å². The molecule has 0 saturated carbocycles. The van der Waals surface area contributed by atoms with Crippen molar-refractivity contribution in [2.45, 2.75) is 44.6 Å². The van der Waals surface area contributed by atoms with Crippen LogP contribution in [-0.4, -0.2) is 70.4 Å². The molecule has 1 aliphatic rings. The van der Waals surface area contributed by atoms with Crippen molar-refractivity contribution in [2.75, 3.05) is 44.4 Å². The number of anilines is 2. The number of nitrogen functional groups attached to an aromatic ring is 1. The summed E-state index contributed by atoms with van der Waals surface area (Å²) in [7, 11) is 3.91. The molecule has 8 nitrogen and oxygen atoms in total. The van der Waals surface area contributed by atoms with Gasteiger partial charge >= 0.3 is 5.97 Å². The number of carboxylic acid groups (broad SMARTS) is 1. The van der Waals surface area contributed by atoms with E-state index >= 15 is 0 Å². The van der Waals surface area contributed by atoms with Crippen molar-refractivity contribution in [1.82, 2.24) is 14.9 Å². The van der Waals surface area contributed by atoms with Gasteiger partial charge in [-0.25, -0.2) is 4.98 Å². The molecule has 0 spiro atoms. The zero-order chi connectivity index (χ0) is 18.6. The average Bonchev–Trinajstić information content (AvgIpc) is 2.66. The first kappa shape index (κ1) is 19.4. The van der Waals surface area contributed by atoms with E-state index in [0.717, 1.165) is 30.6 Å². The highest BCUT2D eigenvalue weighted by atomic mass is 16.4. The quantitative estimate of drug-likeness (QED) is 0.685. The van der Waals surface area contributed by atoms with Crippen LogP contribution in [0.3, 0.4) is 0 Å². The summed E-state index contributed by atoms with van der Waals surface area (Å²) in [5.74, 6) is 0.0538. The third-order valence-electron chi connectivity index (χ3n) is 4.63. The van der Waals surface area contributed by atoms with Crippen molar-refractivity contribution < 1.29 is 15.0 Å². The third kappa shape index (κ3) is 5.27.